The zero-order chi connectivity index (χ0) is 22.3. The van der Waals surface area contributed by atoms with Gasteiger partial charge in [-0.15, -0.1) is 24.0 Å². The first-order valence-corrected chi connectivity index (χ1v) is 10.6. The quantitative estimate of drug-likeness (QED) is 0.265. The van der Waals surface area contributed by atoms with Crippen molar-refractivity contribution in [2.45, 2.75) is 53.1 Å². The third kappa shape index (κ3) is 7.61. The van der Waals surface area contributed by atoms with E-state index in [1.54, 1.807) is 13.2 Å². The van der Waals surface area contributed by atoms with E-state index in [2.05, 4.69) is 36.5 Å². The second kappa shape index (κ2) is 12.6. The number of benzene rings is 1. The van der Waals surface area contributed by atoms with Crippen LogP contribution < -0.4 is 10.6 Å². The zero-order valence-corrected chi connectivity index (χ0v) is 22.3. The molecule has 0 aliphatic heterocycles. The Morgan fingerprint density at radius 2 is 2.00 bits per heavy atom. The number of ether oxygens (including phenoxy) is 1. The highest BCUT2D eigenvalue weighted by Gasteiger charge is 2.24. The molecule has 0 fully saturated rings. The third-order valence-electron chi connectivity index (χ3n) is 5.14. The lowest BCUT2D eigenvalue weighted by molar-refractivity contribution is 0.182. The van der Waals surface area contributed by atoms with Gasteiger partial charge < -0.3 is 15.4 Å². The number of guanidine groups is 1. The van der Waals surface area contributed by atoms with Crippen molar-refractivity contribution >= 4 is 41.5 Å². The molecule has 0 saturated heterocycles. The molecule has 9 heteroatoms. The van der Waals surface area contributed by atoms with E-state index < -0.39 is 0 Å². The fourth-order valence-electron chi connectivity index (χ4n) is 3.30. The van der Waals surface area contributed by atoms with Gasteiger partial charge in [0.25, 0.3) is 0 Å². The van der Waals surface area contributed by atoms with Gasteiger partial charge in [-0.25, -0.2) is 9.38 Å². The van der Waals surface area contributed by atoms with Crippen LogP contribution in [0.5, 0.6) is 0 Å². The van der Waals surface area contributed by atoms with E-state index in [1.165, 1.54) is 12.1 Å². The Kier molecular flexibility index (Phi) is 11.2. The molecule has 1 heterocycles. The van der Waals surface area contributed by atoms with E-state index in [1.807, 2.05) is 18.5 Å². The minimum absolute atomic E-state index is 0. The Bertz CT molecular complexity index is 885. The number of rotatable bonds is 9. The molecular weight excluding hydrogens is 532 g/mol. The van der Waals surface area contributed by atoms with Crippen molar-refractivity contribution in [2.24, 2.45) is 4.99 Å². The Balaban J connectivity index is 0.00000480. The van der Waals surface area contributed by atoms with E-state index in [9.17, 15) is 4.39 Å². The average molecular weight is 566 g/mol. The lowest BCUT2D eigenvalue weighted by Crippen LogP contribution is -2.43. The van der Waals surface area contributed by atoms with Gasteiger partial charge in [0, 0.05) is 41.9 Å². The maximum absolute atomic E-state index is 13.4. The molecule has 2 N–H and O–H groups in total. The second-order valence-corrected chi connectivity index (χ2v) is 8.33. The normalized spacial score (nSPS) is 11.9. The van der Waals surface area contributed by atoms with Crippen LogP contribution in [0.25, 0.3) is 0 Å². The van der Waals surface area contributed by atoms with Crippen LogP contribution in [0.4, 0.5) is 4.39 Å². The molecule has 174 valence electrons. The summed E-state index contributed by atoms with van der Waals surface area (Å²) in [4.78, 5) is 4.75. The summed E-state index contributed by atoms with van der Waals surface area (Å²) in [6.45, 7) is 13.4. The summed E-state index contributed by atoms with van der Waals surface area (Å²) in [5.41, 5.74) is 3.77. The van der Waals surface area contributed by atoms with E-state index in [0.29, 0.717) is 30.7 Å². The summed E-state index contributed by atoms with van der Waals surface area (Å²) in [5, 5.41) is 11.7. The van der Waals surface area contributed by atoms with Crippen LogP contribution in [0.2, 0.25) is 5.02 Å². The van der Waals surface area contributed by atoms with Crippen LogP contribution in [0.15, 0.2) is 23.2 Å². The largest absolute Gasteiger partial charge is 0.383 e. The first-order chi connectivity index (χ1) is 14.2. The molecule has 1 aromatic heterocycles. The minimum atomic E-state index is -0.334. The van der Waals surface area contributed by atoms with Gasteiger partial charge in [-0.1, -0.05) is 31.5 Å². The van der Waals surface area contributed by atoms with Gasteiger partial charge in [0.05, 0.1) is 25.4 Å². The number of nitrogens with zero attached hydrogens (tertiary/aromatic N) is 3. The summed E-state index contributed by atoms with van der Waals surface area (Å²) in [6, 6.07) is 4.53. The summed E-state index contributed by atoms with van der Waals surface area (Å²) in [7, 11) is 1.69. The van der Waals surface area contributed by atoms with Crippen LogP contribution in [0.3, 0.4) is 0 Å². The molecule has 1 aromatic carbocycles. The number of hydrogen-bond acceptors (Lipinski definition) is 3. The highest BCUT2D eigenvalue weighted by molar-refractivity contribution is 14.0. The monoisotopic (exact) mass is 565 g/mol. The Morgan fingerprint density at radius 1 is 1.29 bits per heavy atom. The maximum atomic E-state index is 13.4. The Hall–Kier alpha value is -1.39. The van der Waals surface area contributed by atoms with Gasteiger partial charge >= 0.3 is 0 Å². The van der Waals surface area contributed by atoms with Crippen LogP contribution in [-0.4, -0.2) is 42.5 Å². The van der Waals surface area contributed by atoms with Crippen molar-refractivity contribution in [2.75, 3.05) is 26.8 Å². The number of aliphatic imine (C=N–C) groups is 1. The van der Waals surface area contributed by atoms with Crippen LogP contribution in [0, 0.1) is 19.7 Å². The summed E-state index contributed by atoms with van der Waals surface area (Å²) in [5.74, 6) is 0.381. The fraction of sp³-hybridized carbons (Fsp3) is 0.545. The van der Waals surface area contributed by atoms with Crippen molar-refractivity contribution in [3.05, 3.63) is 51.6 Å². The molecule has 0 saturated carbocycles. The molecule has 0 bridgehead atoms. The van der Waals surface area contributed by atoms with E-state index in [4.69, 9.17) is 21.3 Å². The zero-order valence-electron chi connectivity index (χ0n) is 19.2. The number of halogens is 3. The number of aryl methyl sites for hydroxylation is 1. The van der Waals surface area contributed by atoms with Gasteiger partial charge in [0.15, 0.2) is 5.96 Å². The van der Waals surface area contributed by atoms with Crippen LogP contribution >= 0.6 is 35.6 Å². The molecule has 0 spiro atoms. The molecule has 0 atom stereocenters. The van der Waals surface area contributed by atoms with Crippen LogP contribution in [-0.2, 0) is 23.2 Å². The molecule has 0 radical (unpaired) electrons. The summed E-state index contributed by atoms with van der Waals surface area (Å²) in [6.07, 6.45) is 0. The summed E-state index contributed by atoms with van der Waals surface area (Å²) >= 11 is 6.27. The van der Waals surface area contributed by atoms with E-state index >= 15 is 0 Å². The number of methoxy groups -OCH3 is 1. The molecule has 0 unspecified atom stereocenters. The van der Waals surface area contributed by atoms with Crippen LogP contribution in [0.1, 0.15) is 43.3 Å². The van der Waals surface area contributed by atoms with Gasteiger partial charge in [-0.05, 0) is 38.5 Å². The van der Waals surface area contributed by atoms with Gasteiger partial charge in [0.1, 0.15) is 5.82 Å². The molecule has 2 aromatic rings. The molecule has 0 aliphatic rings. The third-order valence-corrected chi connectivity index (χ3v) is 5.45. The number of aromatic nitrogens is 2. The van der Waals surface area contributed by atoms with Crippen molar-refractivity contribution in [1.29, 1.82) is 0 Å². The molecule has 2 rings (SSSR count). The molecule has 6 nitrogen and oxygen atoms in total. The lowest BCUT2D eigenvalue weighted by atomic mass is 9.84. The topological polar surface area (TPSA) is 63.5 Å². The number of nitrogens with one attached hydrogen (secondary N) is 2. The van der Waals surface area contributed by atoms with E-state index in [0.717, 1.165) is 35.6 Å². The van der Waals surface area contributed by atoms with Gasteiger partial charge in [0.2, 0.25) is 0 Å². The highest BCUT2D eigenvalue weighted by atomic mass is 127. The summed E-state index contributed by atoms with van der Waals surface area (Å²) < 4.78 is 20.5. The first kappa shape index (κ1) is 27.6. The predicted octanol–water partition coefficient (Wildman–Crippen LogP) is 4.59. The van der Waals surface area contributed by atoms with Crippen molar-refractivity contribution < 1.29 is 9.13 Å². The van der Waals surface area contributed by atoms with Gasteiger partial charge in [-0.3, -0.25) is 4.68 Å². The second-order valence-electron chi connectivity index (χ2n) is 7.92. The van der Waals surface area contributed by atoms with Crippen molar-refractivity contribution in [1.82, 2.24) is 20.4 Å². The SMILES string of the molecule is CCNC(=NCc1c(C)nn(CCOC)c1C)NCC(C)(C)c1ccc(F)cc1Cl.I. The standard InChI is InChI=1S/C22H33ClFN5O.HI/c1-7-25-21(26-13-18-15(2)28-29(16(18)3)10-11-30-6)27-14-22(4,5)19-9-8-17(24)12-20(19)23;/h8-9,12H,7,10-11,13-14H2,1-6H3,(H2,25,26,27);1H. The van der Waals surface area contributed by atoms with E-state index in [-0.39, 0.29) is 35.2 Å². The predicted molar refractivity (Wildman–Crippen MR) is 136 cm³/mol. The smallest absolute Gasteiger partial charge is 0.191 e. The van der Waals surface area contributed by atoms with Gasteiger partial charge in [-0.2, -0.15) is 5.10 Å². The lowest BCUT2D eigenvalue weighted by Gasteiger charge is -2.27. The Labute approximate surface area is 207 Å². The molecule has 0 aliphatic carbocycles. The maximum Gasteiger partial charge on any atom is 0.191 e. The Morgan fingerprint density at radius 3 is 2.61 bits per heavy atom. The van der Waals surface area contributed by atoms with Crippen molar-refractivity contribution in [3.8, 4) is 0 Å². The number of hydrogen-bond donors (Lipinski definition) is 2. The first-order valence-electron chi connectivity index (χ1n) is 10.2. The molecule has 31 heavy (non-hydrogen) atoms. The van der Waals surface area contributed by atoms with Crippen molar-refractivity contribution in [3.63, 3.8) is 0 Å². The average Bonchev–Trinajstić information content (AvgIpc) is 2.95. The molecular formula is C22H34ClFIN5O. The molecule has 0 amide bonds. The minimum Gasteiger partial charge on any atom is -0.383 e. The fourth-order valence-corrected chi connectivity index (χ4v) is 3.72. The highest BCUT2D eigenvalue weighted by Crippen LogP contribution is 2.29.